The number of benzene rings is 1. The molecule has 2 amide bonds. The van der Waals surface area contributed by atoms with Gasteiger partial charge in [-0.1, -0.05) is 11.6 Å². The van der Waals surface area contributed by atoms with Gasteiger partial charge < -0.3 is 20.5 Å². The van der Waals surface area contributed by atoms with Crippen LogP contribution in [0.4, 0.5) is 5.69 Å². The molecule has 0 unspecified atom stereocenters. The molecule has 1 saturated heterocycles. The summed E-state index contributed by atoms with van der Waals surface area (Å²) < 4.78 is 1.65. The zero-order chi connectivity index (χ0) is 21.8. The maximum Gasteiger partial charge on any atom is 0.263 e. The summed E-state index contributed by atoms with van der Waals surface area (Å²) in [5.41, 5.74) is 1.02. The highest BCUT2D eigenvalue weighted by Gasteiger charge is 2.22. The molecule has 0 bridgehead atoms. The van der Waals surface area contributed by atoms with E-state index < -0.39 is 5.91 Å². The molecule has 1 aliphatic rings. The highest BCUT2D eigenvalue weighted by Crippen LogP contribution is 2.24. The molecule has 1 aliphatic heterocycles. The average molecular weight is 431 g/mol. The molecule has 0 radical (unpaired) electrons. The number of rotatable bonds is 5. The molecular formula is C22H27ClN4O3. The first-order valence-electron chi connectivity index (χ1n) is 10.1. The van der Waals surface area contributed by atoms with E-state index in [4.69, 9.17) is 11.6 Å². The minimum atomic E-state index is -0.538. The summed E-state index contributed by atoms with van der Waals surface area (Å²) in [6.45, 7) is 7.14. The monoisotopic (exact) mass is 430 g/mol. The maximum absolute atomic E-state index is 13.1. The topological polar surface area (TPSA) is 92.2 Å². The predicted molar refractivity (Wildman–Crippen MR) is 119 cm³/mol. The first kappa shape index (κ1) is 22.1. The van der Waals surface area contributed by atoms with Crippen molar-refractivity contribution >= 4 is 29.1 Å². The minimum absolute atomic E-state index is 0.0216. The fraction of sp³-hybridized carbons (Fsp3) is 0.409. The molecule has 1 fully saturated rings. The number of carbonyl (C=O) groups excluding carboxylic acids is 2. The van der Waals surface area contributed by atoms with Crippen LogP contribution >= 0.6 is 11.6 Å². The van der Waals surface area contributed by atoms with Gasteiger partial charge in [0.05, 0.1) is 10.7 Å². The van der Waals surface area contributed by atoms with Crippen molar-refractivity contribution < 1.29 is 9.59 Å². The third kappa shape index (κ3) is 4.91. The van der Waals surface area contributed by atoms with Crippen LogP contribution in [0.1, 0.15) is 59.0 Å². The van der Waals surface area contributed by atoms with Gasteiger partial charge in [0.15, 0.2) is 0 Å². The van der Waals surface area contributed by atoms with Gasteiger partial charge in [0.25, 0.3) is 17.4 Å². The van der Waals surface area contributed by atoms with Crippen LogP contribution in [0.3, 0.4) is 0 Å². The Bertz CT molecular complexity index is 1010. The number of hydrogen-bond donors (Lipinski definition) is 3. The first-order chi connectivity index (χ1) is 14.3. The summed E-state index contributed by atoms with van der Waals surface area (Å²) in [7, 11) is 0. The second kappa shape index (κ2) is 9.45. The Labute approximate surface area is 180 Å². The summed E-state index contributed by atoms with van der Waals surface area (Å²) in [6, 6.07) is 6.49. The van der Waals surface area contributed by atoms with E-state index in [0.29, 0.717) is 11.1 Å². The molecule has 2 heterocycles. The van der Waals surface area contributed by atoms with Gasteiger partial charge in [0, 0.05) is 23.8 Å². The summed E-state index contributed by atoms with van der Waals surface area (Å²) in [6.07, 6.45) is 3.43. The maximum atomic E-state index is 13.1. The number of nitrogens with one attached hydrogen (secondary N) is 3. The summed E-state index contributed by atoms with van der Waals surface area (Å²) in [4.78, 5) is 38.4. The second-order valence-electron chi connectivity index (χ2n) is 7.84. The van der Waals surface area contributed by atoms with Crippen molar-refractivity contribution in [3.05, 3.63) is 62.5 Å². The number of carbonyl (C=O) groups is 2. The third-order valence-corrected chi connectivity index (χ3v) is 5.48. The smallest absolute Gasteiger partial charge is 0.263 e. The molecular weight excluding hydrogens is 404 g/mol. The van der Waals surface area contributed by atoms with Gasteiger partial charge in [-0.25, -0.2) is 0 Å². The van der Waals surface area contributed by atoms with E-state index in [1.54, 1.807) is 35.9 Å². The molecule has 8 heteroatoms. The van der Waals surface area contributed by atoms with Gasteiger partial charge in [-0.05, 0) is 76.5 Å². The summed E-state index contributed by atoms with van der Waals surface area (Å²) >= 11 is 6.23. The Morgan fingerprint density at radius 2 is 1.87 bits per heavy atom. The van der Waals surface area contributed by atoms with Crippen LogP contribution in [0.25, 0.3) is 0 Å². The minimum Gasteiger partial charge on any atom is -0.350 e. The Morgan fingerprint density at radius 3 is 2.53 bits per heavy atom. The number of amides is 2. The molecule has 1 aromatic heterocycles. The predicted octanol–water partition coefficient (Wildman–Crippen LogP) is 3.13. The average Bonchev–Trinajstić information content (AvgIpc) is 2.70. The van der Waals surface area contributed by atoms with Crippen LogP contribution in [-0.4, -0.2) is 35.5 Å². The normalized spacial score (nSPS) is 14.6. The molecule has 3 N–H and O–H groups in total. The van der Waals surface area contributed by atoms with Gasteiger partial charge in [0.2, 0.25) is 0 Å². The largest absolute Gasteiger partial charge is 0.350 e. The molecule has 1 aromatic carbocycles. The fourth-order valence-electron chi connectivity index (χ4n) is 3.58. The quantitative estimate of drug-likeness (QED) is 0.679. The van der Waals surface area contributed by atoms with Crippen molar-refractivity contribution in [1.82, 2.24) is 15.2 Å². The van der Waals surface area contributed by atoms with Gasteiger partial charge in [-0.15, -0.1) is 0 Å². The molecule has 2 aromatic rings. The standard InChI is InChI=1S/C22H27ClN4O3/c1-13(2)25-20(28)15-4-5-17(23)18(12-15)26-21(29)19-14(3)8-11-27(22(19)30)16-6-9-24-10-7-16/h4-5,8,11-13,16,24H,6-7,9-10H2,1-3H3,(H,25,28)(H,26,29). The lowest BCUT2D eigenvalue weighted by molar-refractivity contribution is 0.0941. The van der Waals surface area contributed by atoms with Gasteiger partial charge in [-0.2, -0.15) is 0 Å². The van der Waals surface area contributed by atoms with Crippen molar-refractivity contribution in [2.45, 2.75) is 45.7 Å². The Balaban J connectivity index is 1.89. The molecule has 160 valence electrons. The van der Waals surface area contributed by atoms with E-state index in [9.17, 15) is 14.4 Å². The van der Waals surface area contributed by atoms with Crippen LogP contribution in [0.2, 0.25) is 5.02 Å². The van der Waals surface area contributed by atoms with Crippen molar-refractivity contribution in [1.29, 1.82) is 0 Å². The van der Waals surface area contributed by atoms with E-state index in [1.165, 1.54) is 6.07 Å². The van der Waals surface area contributed by atoms with E-state index in [2.05, 4.69) is 16.0 Å². The molecule has 3 rings (SSSR count). The SMILES string of the molecule is Cc1ccn(C2CCNCC2)c(=O)c1C(=O)Nc1cc(C(=O)NC(C)C)ccc1Cl. The van der Waals surface area contributed by atoms with Crippen molar-refractivity contribution in [3.8, 4) is 0 Å². The molecule has 7 nitrogen and oxygen atoms in total. The van der Waals surface area contributed by atoms with Gasteiger partial charge in [-0.3, -0.25) is 14.4 Å². The van der Waals surface area contributed by atoms with Crippen LogP contribution in [0.15, 0.2) is 35.3 Å². The molecule has 0 aliphatic carbocycles. The van der Waals surface area contributed by atoms with Gasteiger partial charge in [0.1, 0.15) is 5.56 Å². The lowest BCUT2D eigenvalue weighted by Crippen LogP contribution is -2.37. The van der Waals surface area contributed by atoms with Crippen molar-refractivity contribution in [2.75, 3.05) is 18.4 Å². The number of piperidine rings is 1. The number of anilines is 1. The van der Waals surface area contributed by atoms with Crippen LogP contribution in [0, 0.1) is 6.92 Å². The molecule has 30 heavy (non-hydrogen) atoms. The van der Waals surface area contributed by atoms with E-state index in [0.717, 1.165) is 25.9 Å². The Morgan fingerprint density at radius 1 is 1.17 bits per heavy atom. The van der Waals surface area contributed by atoms with E-state index in [1.807, 2.05) is 13.8 Å². The van der Waals surface area contributed by atoms with Crippen LogP contribution in [-0.2, 0) is 0 Å². The highest BCUT2D eigenvalue weighted by molar-refractivity contribution is 6.34. The van der Waals surface area contributed by atoms with Crippen molar-refractivity contribution in [3.63, 3.8) is 0 Å². The number of nitrogens with zero attached hydrogens (tertiary/aromatic N) is 1. The number of pyridine rings is 1. The molecule has 0 saturated carbocycles. The zero-order valence-electron chi connectivity index (χ0n) is 17.4. The lowest BCUT2D eigenvalue weighted by Gasteiger charge is -2.25. The van der Waals surface area contributed by atoms with Crippen LogP contribution in [0.5, 0.6) is 0 Å². The van der Waals surface area contributed by atoms with Crippen LogP contribution < -0.4 is 21.5 Å². The lowest BCUT2D eigenvalue weighted by atomic mass is 10.0. The summed E-state index contributed by atoms with van der Waals surface area (Å²) in [5.74, 6) is -0.801. The number of hydrogen-bond acceptors (Lipinski definition) is 4. The third-order valence-electron chi connectivity index (χ3n) is 5.15. The Kier molecular flexibility index (Phi) is 6.95. The number of aromatic nitrogens is 1. The first-order valence-corrected chi connectivity index (χ1v) is 10.5. The molecule has 0 spiro atoms. The molecule has 0 atom stereocenters. The second-order valence-corrected chi connectivity index (χ2v) is 8.25. The number of halogens is 1. The van der Waals surface area contributed by atoms with E-state index >= 15 is 0 Å². The zero-order valence-corrected chi connectivity index (χ0v) is 18.2. The van der Waals surface area contributed by atoms with E-state index in [-0.39, 0.29) is 39.8 Å². The summed E-state index contributed by atoms with van der Waals surface area (Å²) in [5, 5.41) is 9.07. The van der Waals surface area contributed by atoms with Crippen molar-refractivity contribution in [2.24, 2.45) is 0 Å². The van der Waals surface area contributed by atoms with Gasteiger partial charge >= 0.3 is 0 Å². The number of aryl methyl sites for hydroxylation is 1. The highest BCUT2D eigenvalue weighted by atomic mass is 35.5. The Hall–Kier alpha value is -2.64. The fourth-order valence-corrected chi connectivity index (χ4v) is 3.75.